The molecular formula is C13H18N2O. The Labute approximate surface area is 96.2 Å². The van der Waals surface area contributed by atoms with Gasteiger partial charge in [0, 0.05) is 29.9 Å². The van der Waals surface area contributed by atoms with Crippen LogP contribution in [0, 0.1) is 5.92 Å². The van der Waals surface area contributed by atoms with Gasteiger partial charge in [0.2, 0.25) is 0 Å². The molecule has 0 aliphatic carbocycles. The number of rotatable bonds is 3. The van der Waals surface area contributed by atoms with Crippen LogP contribution in [0.1, 0.15) is 36.2 Å². The first-order chi connectivity index (χ1) is 7.59. The molecule has 1 aliphatic rings. The summed E-state index contributed by atoms with van der Waals surface area (Å²) in [6.45, 7) is 5.84. The van der Waals surface area contributed by atoms with Gasteiger partial charge < -0.3 is 10.6 Å². The van der Waals surface area contributed by atoms with E-state index in [0.717, 1.165) is 29.8 Å². The number of nitrogen functional groups attached to an aromatic ring is 1. The highest BCUT2D eigenvalue weighted by molar-refractivity contribution is 5.99. The van der Waals surface area contributed by atoms with Crippen molar-refractivity contribution >= 4 is 11.6 Å². The molecule has 86 valence electrons. The molecule has 0 fully saturated rings. The van der Waals surface area contributed by atoms with E-state index in [1.807, 2.05) is 23.1 Å². The van der Waals surface area contributed by atoms with Gasteiger partial charge in [0.25, 0.3) is 5.91 Å². The zero-order valence-electron chi connectivity index (χ0n) is 9.86. The molecular weight excluding hydrogens is 200 g/mol. The molecule has 1 amide bonds. The second-order valence-corrected chi connectivity index (χ2v) is 4.78. The molecule has 2 N–H and O–H groups in total. The lowest BCUT2D eigenvalue weighted by Gasteiger charge is -2.16. The smallest absolute Gasteiger partial charge is 0.254 e. The van der Waals surface area contributed by atoms with E-state index in [1.165, 1.54) is 0 Å². The van der Waals surface area contributed by atoms with Crippen LogP contribution < -0.4 is 5.73 Å². The van der Waals surface area contributed by atoms with Crippen LogP contribution in [0.2, 0.25) is 0 Å². The summed E-state index contributed by atoms with van der Waals surface area (Å²) in [5.41, 5.74) is 8.39. The standard InChI is InChI=1S/C13H18N2O/c1-9(2)6-7-15-8-11-10(13(15)16)4-3-5-12(11)14/h3-5,9H,6-8,14H2,1-2H3. The Hall–Kier alpha value is -1.51. The third-order valence-electron chi connectivity index (χ3n) is 3.06. The zero-order chi connectivity index (χ0) is 11.7. The molecule has 0 saturated heterocycles. The highest BCUT2D eigenvalue weighted by Crippen LogP contribution is 2.27. The van der Waals surface area contributed by atoms with Gasteiger partial charge in [-0.3, -0.25) is 4.79 Å². The molecule has 16 heavy (non-hydrogen) atoms. The van der Waals surface area contributed by atoms with Gasteiger partial charge in [-0.05, 0) is 24.5 Å². The van der Waals surface area contributed by atoms with Gasteiger partial charge in [-0.15, -0.1) is 0 Å². The van der Waals surface area contributed by atoms with E-state index in [0.29, 0.717) is 12.5 Å². The maximum absolute atomic E-state index is 12.0. The van der Waals surface area contributed by atoms with Gasteiger partial charge in [0.05, 0.1) is 0 Å². The molecule has 1 heterocycles. The Bertz CT molecular complexity index is 412. The topological polar surface area (TPSA) is 46.3 Å². The van der Waals surface area contributed by atoms with Crippen molar-refractivity contribution in [2.75, 3.05) is 12.3 Å². The fourth-order valence-corrected chi connectivity index (χ4v) is 2.01. The number of carbonyl (C=O) groups is 1. The van der Waals surface area contributed by atoms with E-state index in [-0.39, 0.29) is 5.91 Å². The predicted molar refractivity (Wildman–Crippen MR) is 65.0 cm³/mol. The number of nitrogens with two attached hydrogens (primary N) is 1. The summed E-state index contributed by atoms with van der Waals surface area (Å²) in [6, 6.07) is 5.57. The number of hydrogen-bond donors (Lipinski definition) is 1. The first kappa shape index (κ1) is 11.0. The van der Waals surface area contributed by atoms with Crippen molar-refractivity contribution in [2.45, 2.75) is 26.8 Å². The molecule has 0 atom stereocenters. The van der Waals surface area contributed by atoms with E-state index in [4.69, 9.17) is 5.73 Å². The second-order valence-electron chi connectivity index (χ2n) is 4.78. The molecule has 1 aromatic carbocycles. The molecule has 2 rings (SSSR count). The molecule has 3 nitrogen and oxygen atoms in total. The average molecular weight is 218 g/mol. The molecule has 0 radical (unpaired) electrons. The van der Waals surface area contributed by atoms with Crippen molar-refractivity contribution in [2.24, 2.45) is 5.92 Å². The monoisotopic (exact) mass is 218 g/mol. The largest absolute Gasteiger partial charge is 0.398 e. The maximum Gasteiger partial charge on any atom is 0.254 e. The van der Waals surface area contributed by atoms with Gasteiger partial charge in [0.1, 0.15) is 0 Å². The molecule has 0 unspecified atom stereocenters. The van der Waals surface area contributed by atoms with Crippen molar-refractivity contribution in [3.05, 3.63) is 29.3 Å². The van der Waals surface area contributed by atoms with Gasteiger partial charge in [-0.25, -0.2) is 0 Å². The molecule has 1 aromatic rings. The number of nitrogens with zero attached hydrogens (tertiary/aromatic N) is 1. The molecule has 1 aliphatic heterocycles. The quantitative estimate of drug-likeness (QED) is 0.791. The number of anilines is 1. The van der Waals surface area contributed by atoms with E-state index >= 15 is 0 Å². The minimum atomic E-state index is 0.128. The first-order valence-electron chi connectivity index (χ1n) is 5.76. The highest BCUT2D eigenvalue weighted by Gasteiger charge is 2.28. The fraction of sp³-hybridized carbons (Fsp3) is 0.462. The van der Waals surface area contributed by atoms with Crippen LogP contribution in [0.15, 0.2) is 18.2 Å². The Balaban J connectivity index is 2.15. The summed E-state index contributed by atoms with van der Waals surface area (Å²) >= 11 is 0. The van der Waals surface area contributed by atoms with Gasteiger partial charge in [0.15, 0.2) is 0 Å². The Morgan fingerprint density at radius 2 is 2.19 bits per heavy atom. The maximum atomic E-state index is 12.0. The number of fused-ring (bicyclic) bond motifs is 1. The Morgan fingerprint density at radius 3 is 2.81 bits per heavy atom. The average Bonchev–Trinajstić information content (AvgIpc) is 2.55. The lowest BCUT2D eigenvalue weighted by atomic mass is 10.1. The molecule has 0 spiro atoms. The van der Waals surface area contributed by atoms with E-state index in [1.54, 1.807) is 0 Å². The lowest BCUT2D eigenvalue weighted by molar-refractivity contribution is 0.0771. The van der Waals surface area contributed by atoms with Crippen molar-refractivity contribution in [1.29, 1.82) is 0 Å². The summed E-state index contributed by atoms with van der Waals surface area (Å²) in [7, 11) is 0. The van der Waals surface area contributed by atoms with Crippen molar-refractivity contribution < 1.29 is 4.79 Å². The third-order valence-corrected chi connectivity index (χ3v) is 3.06. The summed E-state index contributed by atoms with van der Waals surface area (Å²) < 4.78 is 0. The molecule has 0 saturated carbocycles. The number of amides is 1. The number of benzene rings is 1. The predicted octanol–water partition coefficient (Wildman–Crippen LogP) is 2.27. The van der Waals surface area contributed by atoms with Crippen molar-refractivity contribution in [1.82, 2.24) is 4.90 Å². The van der Waals surface area contributed by atoms with Crippen molar-refractivity contribution in [3.8, 4) is 0 Å². The summed E-state index contributed by atoms with van der Waals surface area (Å²) in [5, 5.41) is 0. The summed E-state index contributed by atoms with van der Waals surface area (Å²) in [6.07, 6.45) is 1.04. The minimum absolute atomic E-state index is 0.128. The first-order valence-corrected chi connectivity index (χ1v) is 5.76. The van der Waals surface area contributed by atoms with Gasteiger partial charge >= 0.3 is 0 Å². The normalized spacial score (nSPS) is 14.7. The second kappa shape index (κ2) is 4.16. The van der Waals surface area contributed by atoms with Crippen LogP contribution in [-0.4, -0.2) is 17.4 Å². The zero-order valence-corrected chi connectivity index (χ0v) is 9.86. The number of hydrogen-bond acceptors (Lipinski definition) is 2. The van der Waals surface area contributed by atoms with Gasteiger partial charge in [-0.1, -0.05) is 19.9 Å². The SMILES string of the molecule is CC(C)CCN1Cc2c(N)cccc2C1=O. The van der Waals surface area contributed by atoms with Crippen LogP contribution in [0.4, 0.5) is 5.69 Å². The molecule has 3 heteroatoms. The minimum Gasteiger partial charge on any atom is -0.398 e. The fourth-order valence-electron chi connectivity index (χ4n) is 2.01. The Morgan fingerprint density at radius 1 is 1.44 bits per heavy atom. The van der Waals surface area contributed by atoms with E-state index in [2.05, 4.69) is 13.8 Å². The third kappa shape index (κ3) is 1.90. The van der Waals surface area contributed by atoms with Crippen LogP contribution in [0.25, 0.3) is 0 Å². The summed E-state index contributed by atoms with van der Waals surface area (Å²) in [4.78, 5) is 13.9. The highest BCUT2D eigenvalue weighted by atomic mass is 16.2. The van der Waals surface area contributed by atoms with E-state index in [9.17, 15) is 4.79 Å². The van der Waals surface area contributed by atoms with Crippen LogP contribution in [-0.2, 0) is 6.54 Å². The molecule has 0 bridgehead atoms. The number of carbonyl (C=O) groups excluding carboxylic acids is 1. The van der Waals surface area contributed by atoms with E-state index < -0.39 is 0 Å². The summed E-state index contributed by atoms with van der Waals surface area (Å²) in [5.74, 6) is 0.747. The molecule has 0 aromatic heterocycles. The van der Waals surface area contributed by atoms with Crippen LogP contribution in [0.3, 0.4) is 0 Å². The van der Waals surface area contributed by atoms with Crippen LogP contribution in [0.5, 0.6) is 0 Å². The Kier molecular flexibility index (Phi) is 2.86. The van der Waals surface area contributed by atoms with Crippen LogP contribution >= 0.6 is 0 Å². The van der Waals surface area contributed by atoms with Gasteiger partial charge in [-0.2, -0.15) is 0 Å². The lowest BCUT2D eigenvalue weighted by Crippen LogP contribution is -2.25. The van der Waals surface area contributed by atoms with Crippen molar-refractivity contribution in [3.63, 3.8) is 0 Å².